The van der Waals surface area contributed by atoms with Gasteiger partial charge in [0.1, 0.15) is 5.75 Å². The van der Waals surface area contributed by atoms with E-state index in [1.807, 2.05) is 43.3 Å². The molecule has 2 N–H and O–H groups in total. The van der Waals surface area contributed by atoms with Crippen LogP contribution < -0.4 is 15.4 Å². The molecule has 5 nitrogen and oxygen atoms in total. The van der Waals surface area contributed by atoms with E-state index < -0.39 is 6.10 Å². The van der Waals surface area contributed by atoms with Gasteiger partial charge in [0.2, 0.25) is 0 Å². The first-order chi connectivity index (χ1) is 10.2. The zero-order valence-electron chi connectivity index (χ0n) is 11.7. The number of carbonyl (C=O) groups excluding carboxylic acids is 1. The molecule has 5 heteroatoms. The minimum atomic E-state index is -0.524. The summed E-state index contributed by atoms with van der Waals surface area (Å²) in [6.45, 7) is 2.41. The van der Waals surface area contributed by atoms with Gasteiger partial charge in [-0.15, -0.1) is 0 Å². The maximum absolute atomic E-state index is 12.3. The van der Waals surface area contributed by atoms with Crippen molar-refractivity contribution in [2.45, 2.75) is 19.1 Å². The van der Waals surface area contributed by atoms with Crippen molar-refractivity contribution in [1.29, 1.82) is 0 Å². The molecule has 2 heterocycles. The van der Waals surface area contributed by atoms with Crippen LogP contribution >= 0.6 is 0 Å². The van der Waals surface area contributed by atoms with E-state index in [1.54, 1.807) is 12.4 Å². The van der Waals surface area contributed by atoms with Crippen molar-refractivity contribution in [3.8, 4) is 5.75 Å². The summed E-state index contributed by atoms with van der Waals surface area (Å²) in [5.41, 5.74) is 1.94. The Hall–Kier alpha value is -2.56. The fraction of sp³-hybridized carbons (Fsp3) is 0.250. The number of rotatable bonds is 3. The normalized spacial score (nSPS) is 17.9. The van der Waals surface area contributed by atoms with Gasteiger partial charge in [0.25, 0.3) is 5.91 Å². The first-order valence-electron chi connectivity index (χ1n) is 6.94. The molecule has 0 aliphatic carbocycles. The van der Waals surface area contributed by atoms with Gasteiger partial charge in [0.15, 0.2) is 6.10 Å². The average molecular weight is 283 g/mol. The summed E-state index contributed by atoms with van der Waals surface area (Å²) in [7, 11) is 0. The van der Waals surface area contributed by atoms with Gasteiger partial charge < -0.3 is 15.4 Å². The second-order valence-electron chi connectivity index (χ2n) is 4.99. The second kappa shape index (κ2) is 5.83. The standard InChI is InChI=1S/C16H17N3O2/c1-11(12-6-8-17-9-7-12)19-16(20)15-10-18-13-4-2-3-5-14(13)21-15/h2-9,11,15,18H,10H2,1H3,(H,19,20)/t11-,15?/m1/s1. The zero-order valence-corrected chi connectivity index (χ0v) is 11.7. The van der Waals surface area contributed by atoms with E-state index in [0.717, 1.165) is 11.3 Å². The molecule has 1 unspecified atom stereocenters. The predicted molar refractivity (Wildman–Crippen MR) is 80.1 cm³/mol. The molecule has 0 spiro atoms. The van der Waals surface area contributed by atoms with Crippen LogP contribution in [0.25, 0.3) is 0 Å². The van der Waals surface area contributed by atoms with Gasteiger partial charge in [-0.1, -0.05) is 12.1 Å². The number of carbonyl (C=O) groups is 1. The van der Waals surface area contributed by atoms with Crippen molar-refractivity contribution >= 4 is 11.6 Å². The molecule has 0 radical (unpaired) electrons. The maximum Gasteiger partial charge on any atom is 0.263 e. The molecule has 2 aromatic rings. The Morgan fingerprint density at radius 1 is 1.33 bits per heavy atom. The Morgan fingerprint density at radius 2 is 2.10 bits per heavy atom. The highest BCUT2D eigenvalue weighted by Gasteiger charge is 2.26. The number of pyridine rings is 1. The molecule has 108 valence electrons. The molecule has 0 bridgehead atoms. The van der Waals surface area contributed by atoms with Crippen LogP contribution in [0, 0.1) is 0 Å². The van der Waals surface area contributed by atoms with E-state index in [0.29, 0.717) is 12.3 Å². The van der Waals surface area contributed by atoms with Crippen LogP contribution in [0.5, 0.6) is 5.75 Å². The van der Waals surface area contributed by atoms with Crippen LogP contribution in [-0.4, -0.2) is 23.5 Å². The predicted octanol–water partition coefficient (Wildman–Crippen LogP) is 2.13. The van der Waals surface area contributed by atoms with Crippen LogP contribution in [0.1, 0.15) is 18.5 Å². The average Bonchev–Trinajstić information content (AvgIpc) is 2.55. The Labute approximate surface area is 123 Å². The van der Waals surface area contributed by atoms with Crippen molar-refractivity contribution < 1.29 is 9.53 Å². The Balaban J connectivity index is 1.65. The van der Waals surface area contributed by atoms with Crippen molar-refractivity contribution in [3.05, 3.63) is 54.4 Å². The lowest BCUT2D eigenvalue weighted by Gasteiger charge is -2.27. The number of hydrogen-bond donors (Lipinski definition) is 2. The molecular formula is C16H17N3O2. The lowest BCUT2D eigenvalue weighted by atomic mass is 10.1. The fourth-order valence-corrected chi connectivity index (χ4v) is 2.30. The molecule has 1 aromatic heterocycles. The third-order valence-electron chi connectivity index (χ3n) is 3.49. The molecular weight excluding hydrogens is 266 g/mol. The highest BCUT2D eigenvalue weighted by Crippen LogP contribution is 2.28. The van der Waals surface area contributed by atoms with Crippen LogP contribution in [0.4, 0.5) is 5.69 Å². The highest BCUT2D eigenvalue weighted by molar-refractivity contribution is 5.83. The van der Waals surface area contributed by atoms with Crippen molar-refractivity contribution in [2.75, 3.05) is 11.9 Å². The summed E-state index contributed by atoms with van der Waals surface area (Å²) in [4.78, 5) is 16.3. The monoisotopic (exact) mass is 283 g/mol. The highest BCUT2D eigenvalue weighted by atomic mass is 16.5. The number of benzene rings is 1. The van der Waals surface area contributed by atoms with E-state index >= 15 is 0 Å². The minimum Gasteiger partial charge on any atom is -0.477 e. The Bertz CT molecular complexity index is 630. The summed E-state index contributed by atoms with van der Waals surface area (Å²) < 4.78 is 5.74. The Kier molecular flexibility index (Phi) is 3.73. The third kappa shape index (κ3) is 2.97. The molecule has 3 rings (SSSR count). The molecule has 1 aromatic carbocycles. The van der Waals surface area contributed by atoms with E-state index in [4.69, 9.17) is 4.74 Å². The second-order valence-corrected chi connectivity index (χ2v) is 4.99. The van der Waals surface area contributed by atoms with Crippen molar-refractivity contribution in [1.82, 2.24) is 10.3 Å². The molecule has 2 atom stereocenters. The van der Waals surface area contributed by atoms with E-state index in [9.17, 15) is 4.79 Å². The number of para-hydroxylation sites is 2. The summed E-state index contributed by atoms with van der Waals surface area (Å²) in [6, 6.07) is 11.3. The number of ether oxygens (including phenoxy) is 1. The number of hydrogen-bond acceptors (Lipinski definition) is 4. The van der Waals surface area contributed by atoms with Crippen LogP contribution in [0.15, 0.2) is 48.8 Å². The van der Waals surface area contributed by atoms with Crippen LogP contribution in [0.2, 0.25) is 0 Å². The maximum atomic E-state index is 12.3. The number of aromatic nitrogens is 1. The van der Waals surface area contributed by atoms with Gasteiger partial charge >= 0.3 is 0 Å². The topological polar surface area (TPSA) is 63.2 Å². The zero-order chi connectivity index (χ0) is 14.7. The molecule has 0 fully saturated rings. The molecule has 0 saturated heterocycles. The van der Waals surface area contributed by atoms with Crippen molar-refractivity contribution in [2.24, 2.45) is 0 Å². The number of nitrogens with zero attached hydrogens (tertiary/aromatic N) is 1. The number of amides is 1. The van der Waals surface area contributed by atoms with Crippen molar-refractivity contribution in [3.63, 3.8) is 0 Å². The quantitative estimate of drug-likeness (QED) is 0.906. The summed E-state index contributed by atoms with van der Waals surface area (Å²) in [5.74, 6) is 0.585. The number of fused-ring (bicyclic) bond motifs is 1. The molecule has 1 aliphatic heterocycles. The van der Waals surface area contributed by atoms with Gasteiger partial charge in [-0.25, -0.2) is 0 Å². The summed E-state index contributed by atoms with van der Waals surface area (Å²) in [6.07, 6.45) is 2.91. The summed E-state index contributed by atoms with van der Waals surface area (Å²) in [5, 5.41) is 6.18. The first-order valence-corrected chi connectivity index (χ1v) is 6.94. The number of anilines is 1. The summed E-state index contributed by atoms with van der Waals surface area (Å²) >= 11 is 0. The van der Waals surface area contributed by atoms with Gasteiger partial charge in [-0.05, 0) is 36.8 Å². The SMILES string of the molecule is C[C@@H](NC(=O)C1CNc2ccccc2O1)c1ccncc1. The van der Waals surface area contributed by atoms with Gasteiger partial charge in [0.05, 0.1) is 18.3 Å². The van der Waals surface area contributed by atoms with Gasteiger partial charge in [0, 0.05) is 12.4 Å². The van der Waals surface area contributed by atoms with E-state index in [2.05, 4.69) is 15.6 Å². The molecule has 0 saturated carbocycles. The van der Waals surface area contributed by atoms with Crippen LogP contribution in [0.3, 0.4) is 0 Å². The molecule has 1 aliphatic rings. The van der Waals surface area contributed by atoms with Crippen LogP contribution in [-0.2, 0) is 4.79 Å². The molecule has 21 heavy (non-hydrogen) atoms. The number of nitrogens with one attached hydrogen (secondary N) is 2. The fourth-order valence-electron chi connectivity index (χ4n) is 2.30. The largest absolute Gasteiger partial charge is 0.477 e. The van der Waals surface area contributed by atoms with Gasteiger partial charge in [-0.3, -0.25) is 9.78 Å². The Morgan fingerprint density at radius 3 is 2.90 bits per heavy atom. The third-order valence-corrected chi connectivity index (χ3v) is 3.49. The smallest absolute Gasteiger partial charge is 0.263 e. The van der Waals surface area contributed by atoms with E-state index in [-0.39, 0.29) is 11.9 Å². The lowest BCUT2D eigenvalue weighted by molar-refractivity contribution is -0.128. The molecule has 1 amide bonds. The minimum absolute atomic E-state index is 0.0822. The lowest BCUT2D eigenvalue weighted by Crippen LogP contribution is -2.45. The van der Waals surface area contributed by atoms with E-state index in [1.165, 1.54) is 0 Å². The first kappa shape index (κ1) is 13.4. The van der Waals surface area contributed by atoms with Gasteiger partial charge in [-0.2, -0.15) is 0 Å².